The summed E-state index contributed by atoms with van der Waals surface area (Å²) in [5.41, 5.74) is 7.66. The van der Waals surface area contributed by atoms with Crippen LogP contribution in [0.4, 0.5) is 5.69 Å². The Kier molecular flexibility index (Phi) is 12.3. The number of hydrogen-bond donors (Lipinski definition) is 4. The average molecular weight is 456 g/mol. The Morgan fingerprint density at radius 3 is 2.33 bits per heavy atom. The summed E-state index contributed by atoms with van der Waals surface area (Å²) in [6.45, 7) is 3.80. The molecule has 8 nitrogen and oxygen atoms in total. The van der Waals surface area contributed by atoms with Crippen LogP contribution in [0.5, 0.6) is 0 Å². The standard InChI is InChI=1S/C20H25N5O3.2ClH/c1-13(2)18(21)20(28)24-12-17(26)23-11-14-4-3-5-16(10-14)25-19(27)15-6-8-22-9-7-15;;/h3-10,13,18H,11-12,21H2,1-2H3,(H,23,26)(H,24,28)(H,25,27);2*1H/t18-;;/m0../s1. The van der Waals surface area contributed by atoms with E-state index in [9.17, 15) is 14.4 Å². The summed E-state index contributed by atoms with van der Waals surface area (Å²) >= 11 is 0. The van der Waals surface area contributed by atoms with Crippen LogP contribution in [-0.4, -0.2) is 35.3 Å². The summed E-state index contributed by atoms with van der Waals surface area (Å²) < 4.78 is 0. The van der Waals surface area contributed by atoms with E-state index in [-0.39, 0.29) is 61.5 Å². The van der Waals surface area contributed by atoms with E-state index in [0.29, 0.717) is 11.3 Å². The SMILES string of the molecule is CC(C)[C@H](N)C(=O)NCC(=O)NCc1cccc(NC(=O)c2ccncc2)c1.Cl.Cl. The van der Waals surface area contributed by atoms with Gasteiger partial charge in [-0.25, -0.2) is 0 Å². The number of anilines is 1. The van der Waals surface area contributed by atoms with Gasteiger partial charge >= 0.3 is 0 Å². The van der Waals surface area contributed by atoms with E-state index in [0.717, 1.165) is 5.56 Å². The predicted octanol–water partition coefficient (Wildman–Crippen LogP) is 1.89. The molecule has 0 aliphatic heterocycles. The normalized spacial score (nSPS) is 10.8. The largest absolute Gasteiger partial charge is 0.350 e. The lowest BCUT2D eigenvalue weighted by molar-refractivity contribution is -0.127. The Hall–Kier alpha value is -2.68. The average Bonchev–Trinajstić information content (AvgIpc) is 2.70. The number of nitrogens with zero attached hydrogens (tertiary/aromatic N) is 1. The number of carbonyl (C=O) groups excluding carboxylic acids is 3. The van der Waals surface area contributed by atoms with Crippen molar-refractivity contribution in [2.24, 2.45) is 11.7 Å². The first-order valence-electron chi connectivity index (χ1n) is 8.97. The van der Waals surface area contributed by atoms with E-state index >= 15 is 0 Å². The molecule has 0 unspecified atom stereocenters. The summed E-state index contributed by atoms with van der Waals surface area (Å²) in [5.74, 6) is -0.928. The van der Waals surface area contributed by atoms with E-state index < -0.39 is 6.04 Å². The molecule has 1 atom stereocenters. The van der Waals surface area contributed by atoms with Crippen molar-refractivity contribution < 1.29 is 14.4 Å². The zero-order chi connectivity index (χ0) is 20.5. The van der Waals surface area contributed by atoms with E-state index in [2.05, 4.69) is 20.9 Å². The molecule has 1 aromatic carbocycles. The highest BCUT2D eigenvalue weighted by atomic mass is 35.5. The minimum absolute atomic E-state index is 0. The van der Waals surface area contributed by atoms with Gasteiger partial charge in [-0.3, -0.25) is 19.4 Å². The van der Waals surface area contributed by atoms with Gasteiger partial charge < -0.3 is 21.7 Å². The maximum Gasteiger partial charge on any atom is 0.255 e. The van der Waals surface area contributed by atoms with Crippen LogP contribution in [0, 0.1) is 5.92 Å². The van der Waals surface area contributed by atoms with Crippen molar-refractivity contribution in [3.63, 3.8) is 0 Å². The van der Waals surface area contributed by atoms with Gasteiger partial charge in [-0.2, -0.15) is 0 Å². The first kappa shape index (κ1) is 27.3. The number of halogens is 2. The smallest absolute Gasteiger partial charge is 0.255 e. The second-order valence-corrected chi connectivity index (χ2v) is 6.65. The van der Waals surface area contributed by atoms with Crippen LogP contribution in [0.15, 0.2) is 48.8 Å². The number of hydrogen-bond acceptors (Lipinski definition) is 5. The Morgan fingerprint density at radius 1 is 1.03 bits per heavy atom. The molecule has 30 heavy (non-hydrogen) atoms. The van der Waals surface area contributed by atoms with Gasteiger partial charge in [0.25, 0.3) is 5.91 Å². The van der Waals surface area contributed by atoms with Crippen molar-refractivity contribution in [3.8, 4) is 0 Å². The van der Waals surface area contributed by atoms with Crippen LogP contribution in [0.2, 0.25) is 0 Å². The van der Waals surface area contributed by atoms with Crippen LogP contribution in [0.1, 0.15) is 29.8 Å². The molecule has 10 heteroatoms. The summed E-state index contributed by atoms with van der Waals surface area (Å²) in [5, 5.41) is 8.04. The Labute approximate surface area is 188 Å². The molecule has 5 N–H and O–H groups in total. The molecular weight excluding hydrogens is 429 g/mol. The summed E-state index contributed by atoms with van der Waals surface area (Å²) in [6, 6.07) is 9.75. The molecule has 0 radical (unpaired) electrons. The molecule has 164 valence electrons. The molecule has 2 rings (SSSR count). The third kappa shape index (κ3) is 8.77. The maximum absolute atomic E-state index is 12.2. The minimum atomic E-state index is -0.645. The van der Waals surface area contributed by atoms with Crippen molar-refractivity contribution in [1.29, 1.82) is 0 Å². The highest BCUT2D eigenvalue weighted by Gasteiger charge is 2.17. The first-order chi connectivity index (χ1) is 13.4. The zero-order valence-electron chi connectivity index (χ0n) is 16.8. The lowest BCUT2D eigenvalue weighted by Gasteiger charge is -2.15. The molecule has 0 aliphatic carbocycles. The Morgan fingerprint density at radius 2 is 1.70 bits per heavy atom. The highest BCUT2D eigenvalue weighted by Crippen LogP contribution is 2.12. The molecule has 3 amide bonds. The number of nitrogens with one attached hydrogen (secondary N) is 3. The third-order valence-corrected chi connectivity index (χ3v) is 4.06. The van der Waals surface area contributed by atoms with Crippen LogP contribution >= 0.6 is 24.8 Å². The number of pyridine rings is 1. The lowest BCUT2D eigenvalue weighted by atomic mass is 10.1. The second-order valence-electron chi connectivity index (χ2n) is 6.65. The molecule has 1 aromatic heterocycles. The van der Waals surface area contributed by atoms with Gasteiger partial charge in [-0.15, -0.1) is 24.8 Å². The van der Waals surface area contributed by atoms with Crippen LogP contribution < -0.4 is 21.7 Å². The zero-order valence-corrected chi connectivity index (χ0v) is 18.4. The fourth-order valence-corrected chi connectivity index (χ4v) is 2.32. The predicted molar refractivity (Wildman–Crippen MR) is 121 cm³/mol. The van der Waals surface area contributed by atoms with Gasteiger partial charge in [-0.05, 0) is 35.7 Å². The molecule has 0 saturated carbocycles. The van der Waals surface area contributed by atoms with Crippen LogP contribution in [0.25, 0.3) is 0 Å². The van der Waals surface area contributed by atoms with E-state index in [4.69, 9.17) is 5.73 Å². The van der Waals surface area contributed by atoms with Crippen molar-refractivity contribution >= 4 is 48.2 Å². The fourth-order valence-electron chi connectivity index (χ4n) is 2.32. The van der Waals surface area contributed by atoms with Gasteiger partial charge in [0.05, 0.1) is 12.6 Å². The van der Waals surface area contributed by atoms with Crippen molar-refractivity contribution in [2.75, 3.05) is 11.9 Å². The van der Waals surface area contributed by atoms with Gasteiger partial charge in [0.1, 0.15) is 0 Å². The van der Waals surface area contributed by atoms with Crippen LogP contribution in [0.3, 0.4) is 0 Å². The summed E-state index contributed by atoms with van der Waals surface area (Å²) in [7, 11) is 0. The van der Waals surface area contributed by atoms with E-state index in [1.54, 1.807) is 42.7 Å². The van der Waals surface area contributed by atoms with E-state index in [1.807, 2.05) is 19.9 Å². The fraction of sp³-hybridized carbons (Fsp3) is 0.300. The molecular formula is C20H27Cl2N5O3. The van der Waals surface area contributed by atoms with Gasteiger partial charge in [0.15, 0.2) is 0 Å². The Bertz CT molecular complexity index is 834. The topological polar surface area (TPSA) is 126 Å². The van der Waals surface area contributed by atoms with E-state index in [1.165, 1.54) is 0 Å². The molecule has 0 spiro atoms. The molecule has 1 heterocycles. The number of benzene rings is 1. The maximum atomic E-state index is 12.2. The minimum Gasteiger partial charge on any atom is -0.350 e. The molecule has 0 bridgehead atoms. The van der Waals surface area contributed by atoms with Gasteiger partial charge in [-0.1, -0.05) is 26.0 Å². The lowest BCUT2D eigenvalue weighted by Crippen LogP contribution is -2.47. The van der Waals surface area contributed by atoms with Crippen molar-refractivity contribution in [1.82, 2.24) is 15.6 Å². The molecule has 2 aromatic rings. The van der Waals surface area contributed by atoms with Gasteiger partial charge in [0, 0.05) is 30.2 Å². The number of aromatic nitrogens is 1. The summed E-state index contributed by atoms with van der Waals surface area (Å²) in [4.78, 5) is 39.8. The molecule has 0 fully saturated rings. The number of nitrogens with two attached hydrogens (primary N) is 1. The van der Waals surface area contributed by atoms with Crippen LogP contribution in [-0.2, 0) is 16.1 Å². The number of amides is 3. The quantitative estimate of drug-likeness (QED) is 0.483. The second kappa shape index (κ2) is 13.5. The molecule has 0 saturated heterocycles. The van der Waals surface area contributed by atoms with Gasteiger partial charge in [0.2, 0.25) is 11.8 Å². The monoisotopic (exact) mass is 455 g/mol. The first-order valence-corrected chi connectivity index (χ1v) is 8.97. The summed E-state index contributed by atoms with van der Waals surface area (Å²) in [6.07, 6.45) is 3.10. The third-order valence-electron chi connectivity index (χ3n) is 4.06. The molecule has 0 aliphatic rings. The van der Waals surface area contributed by atoms with Crippen molar-refractivity contribution in [2.45, 2.75) is 26.4 Å². The number of rotatable bonds is 8. The van der Waals surface area contributed by atoms with Crippen molar-refractivity contribution in [3.05, 3.63) is 59.9 Å². The number of carbonyl (C=O) groups is 3. The Balaban J connectivity index is 0.00000420. The highest BCUT2D eigenvalue weighted by molar-refractivity contribution is 6.04.